The summed E-state index contributed by atoms with van der Waals surface area (Å²) in [6.07, 6.45) is 4.92. The fraction of sp³-hybridized carbons (Fsp3) is 0.222. The summed E-state index contributed by atoms with van der Waals surface area (Å²) in [7, 11) is 1.35. The Balaban J connectivity index is 1.95. The zero-order chi connectivity index (χ0) is 11.4. The molecule has 6 nitrogen and oxygen atoms in total. The van der Waals surface area contributed by atoms with E-state index in [0.29, 0.717) is 16.6 Å². The van der Waals surface area contributed by atoms with Crippen LogP contribution in [0.2, 0.25) is 0 Å². The van der Waals surface area contributed by atoms with Crippen LogP contribution in [0.15, 0.2) is 18.6 Å². The standard InChI is InChI=1S/C9H10N4O2S/c1-15-8(14)6-4-12-9(16-6)13-5-7-10-2-3-11-7/h2-4H,5H2,1H3,(H,10,11)(H,12,13). The summed E-state index contributed by atoms with van der Waals surface area (Å²) < 4.78 is 4.59. The quantitative estimate of drug-likeness (QED) is 0.784. The summed E-state index contributed by atoms with van der Waals surface area (Å²) >= 11 is 1.25. The summed E-state index contributed by atoms with van der Waals surface area (Å²) in [5, 5.41) is 3.72. The molecule has 0 radical (unpaired) electrons. The van der Waals surface area contributed by atoms with Crippen molar-refractivity contribution in [3.63, 3.8) is 0 Å². The van der Waals surface area contributed by atoms with Crippen LogP contribution in [0.5, 0.6) is 0 Å². The summed E-state index contributed by atoms with van der Waals surface area (Å²) in [6, 6.07) is 0. The molecule has 0 fully saturated rings. The minimum absolute atomic E-state index is 0.372. The van der Waals surface area contributed by atoms with Gasteiger partial charge in [-0.15, -0.1) is 0 Å². The number of H-pyrrole nitrogens is 1. The maximum Gasteiger partial charge on any atom is 0.349 e. The lowest BCUT2D eigenvalue weighted by Gasteiger charge is -1.97. The van der Waals surface area contributed by atoms with Crippen LogP contribution in [0.3, 0.4) is 0 Å². The van der Waals surface area contributed by atoms with Gasteiger partial charge in [-0.1, -0.05) is 11.3 Å². The highest BCUT2D eigenvalue weighted by Crippen LogP contribution is 2.18. The molecule has 0 saturated heterocycles. The van der Waals surface area contributed by atoms with Gasteiger partial charge in [0.1, 0.15) is 10.7 Å². The number of ether oxygens (including phenoxy) is 1. The van der Waals surface area contributed by atoms with Crippen molar-refractivity contribution >= 4 is 22.4 Å². The maximum atomic E-state index is 11.2. The van der Waals surface area contributed by atoms with Gasteiger partial charge in [0.2, 0.25) is 0 Å². The summed E-state index contributed by atoms with van der Waals surface area (Å²) in [5.74, 6) is 0.443. The van der Waals surface area contributed by atoms with Crippen molar-refractivity contribution in [3.8, 4) is 0 Å². The second-order valence-corrected chi connectivity index (χ2v) is 3.94. The van der Waals surface area contributed by atoms with Crippen molar-refractivity contribution in [2.45, 2.75) is 6.54 Å². The molecule has 16 heavy (non-hydrogen) atoms. The maximum absolute atomic E-state index is 11.2. The molecule has 0 aliphatic carbocycles. The number of carbonyl (C=O) groups excluding carboxylic acids is 1. The molecular weight excluding hydrogens is 228 g/mol. The summed E-state index contributed by atoms with van der Waals surface area (Å²) in [4.78, 5) is 22.7. The van der Waals surface area contributed by atoms with Crippen molar-refractivity contribution in [2.24, 2.45) is 0 Å². The van der Waals surface area contributed by atoms with Gasteiger partial charge in [0, 0.05) is 12.4 Å². The average Bonchev–Trinajstić information content (AvgIpc) is 2.96. The number of aromatic nitrogens is 3. The van der Waals surface area contributed by atoms with E-state index in [4.69, 9.17) is 0 Å². The van der Waals surface area contributed by atoms with Gasteiger partial charge in [0.25, 0.3) is 0 Å². The number of nitrogens with zero attached hydrogens (tertiary/aromatic N) is 2. The molecule has 0 aliphatic rings. The first kappa shape index (κ1) is 10.6. The Hall–Kier alpha value is -1.89. The number of thiazole rings is 1. The smallest absolute Gasteiger partial charge is 0.349 e. The van der Waals surface area contributed by atoms with E-state index in [9.17, 15) is 4.79 Å². The largest absolute Gasteiger partial charge is 0.465 e. The fourth-order valence-corrected chi connectivity index (χ4v) is 1.83. The SMILES string of the molecule is COC(=O)c1cnc(NCc2ncc[nH]2)s1. The lowest BCUT2D eigenvalue weighted by molar-refractivity contribution is 0.0606. The molecule has 0 unspecified atom stereocenters. The molecule has 7 heteroatoms. The third kappa shape index (κ3) is 2.37. The number of carbonyl (C=O) groups is 1. The molecule has 84 valence electrons. The zero-order valence-electron chi connectivity index (χ0n) is 8.56. The topological polar surface area (TPSA) is 79.9 Å². The van der Waals surface area contributed by atoms with Crippen molar-refractivity contribution in [2.75, 3.05) is 12.4 Å². The first-order chi connectivity index (χ1) is 7.79. The number of esters is 1. The predicted octanol–water partition coefficient (Wildman–Crippen LogP) is 1.26. The Morgan fingerprint density at radius 1 is 1.62 bits per heavy atom. The van der Waals surface area contributed by atoms with Crippen molar-refractivity contribution in [1.82, 2.24) is 15.0 Å². The van der Waals surface area contributed by atoms with Crippen LogP contribution in [0.25, 0.3) is 0 Å². The van der Waals surface area contributed by atoms with Gasteiger partial charge >= 0.3 is 5.97 Å². The zero-order valence-corrected chi connectivity index (χ0v) is 9.37. The van der Waals surface area contributed by atoms with Crippen LogP contribution in [0.4, 0.5) is 5.13 Å². The number of hydrogen-bond donors (Lipinski definition) is 2. The number of methoxy groups -OCH3 is 1. The van der Waals surface area contributed by atoms with Gasteiger partial charge < -0.3 is 15.0 Å². The fourth-order valence-electron chi connectivity index (χ4n) is 1.10. The average molecular weight is 238 g/mol. The summed E-state index contributed by atoms with van der Waals surface area (Å²) in [5.41, 5.74) is 0. The molecule has 0 atom stereocenters. The van der Waals surface area contributed by atoms with Crippen LogP contribution in [0.1, 0.15) is 15.5 Å². The van der Waals surface area contributed by atoms with E-state index >= 15 is 0 Å². The molecular formula is C9H10N4O2S. The molecule has 0 amide bonds. The van der Waals surface area contributed by atoms with Crippen molar-refractivity contribution < 1.29 is 9.53 Å². The monoisotopic (exact) mass is 238 g/mol. The predicted molar refractivity (Wildman–Crippen MR) is 59.4 cm³/mol. The number of imidazole rings is 1. The van der Waals surface area contributed by atoms with Crippen LogP contribution >= 0.6 is 11.3 Å². The van der Waals surface area contributed by atoms with Gasteiger partial charge in [-0.3, -0.25) is 0 Å². The highest BCUT2D eigenvalue weighted by Gasteiger charge is 2.10. The van der Waals surface area contributed by atoms with E-state index in [0.717, 1.165) is 5.82 Å². The van der Waals surface area contributed by atoms with Crippen LogP contribution in [-0.2, 0) is 11.3 Å². The van der Waals surface area contributed by atoms with Crippen molar-refractivity contribution in [1.29, 1.82) is 0 Å². The molecule has 2 heterocycles. The minimum Gasteiger partial charge on any atom is -0.465 e. The number of hydrogen-bond acceptors (Lipinski definition) is 6. The molecule has 0 bridgehead atoms. The Bertz CT molecular complexity index is 466. The van der Waals surface area contributed by atoms with Gasteiger partial charge in [-0.2, -0.15) is 0 Å². The number of nitrogens with one attached hydrogen (secondary N) is 2. The lowest BCUT2D eigenvalue weighted by atomic mass is 10.6. The highest BCUT2D eigenvalue weighted by atomic mass is 32.1. The van der Waals surface area contributed by atoms with E-state index in [1.807, 2.05) is 0 Å². The summed E-state index contributed by atoms with van der Waals surface area (Å²) in [6.45, 7) is 0.543. The Morgan fingerprint density at radius 3 is 3.19 bits per heavy atom. The molecule has 2 N–H and O–H groups in total. The highest BCUT2D eigenvalue weighted by molar-refractivity contribution is 7.17. The molecule has 0 saturated carbocycles. The van der Waals surface area contributed by atoms with E-state index in [2.05, 4.69) is 25.0 Å². The van der Waals surface area contributed by atoms with E-state index < -0.39 is 0 Å². The van der Waals surface area contributed by atoms with Gasteiger partial charge in [-0.05, 0) is 0 Å². The molecule has 0 aliphatic heterocycles. The van der Waals surface area contributed by atoms with E-state index in [1.165, 1.54) is 24.6 Å². The van der Waals surface area contributed by atoms with Gasteiger partial charge in [0.15, 0.2) is 5.13 Å². The van der Waals surface area contributed by atoms with Gasteiger partial charge in [0.05, 0.1) is 19.9 Å². The first-order valence-electron chi connectivity index (χ1n) is 4.56. The Morgan fingerprint density at radius 2 is 2.50 bits per heavy atom. The normalized spacial score (nSPS) is 10.1. The van der Waals surface area contributed by atoms with Crippen LogP contribution < -0.4 is 5.32 Å². The Kier molecular flexibility index (Phi) is 3.16. The molecule has 2 aromatic heterocycles. The molecule has 2 rings (SSSR count). The van der Waals surface area contributed by atoms with E-state index in [-0.39, 0.29) is 5.97 Å². The Labute approximate surface area is 95.7 Å². The molecule has 0 spiro atoms. The molecule has 0 aromatic carbocycles. The third-order valence-electron chi connectivity index (χ3n) is 1.85. The third-order valence-corrected chi connectivity index (χ3v) is 2.79. The second kappa shape index (κ2) is 4.75. The second-order valence-electron chi connectivity index (χ2n) is 2.91. The minimum atomic E-state index is -0.372. The number of aromatic amines is 1. The molecule has 2 aromatic rings. The number of rotatable bonds is 4. The number of anilines is 1. The van der Waals surface area contributed by atoms with Crippen LogP contribution in [-0.4, -0.2) is 28.0 Å². The van der Waals surface area contributed by atoms with Gasteiger partial charge in [-0.25, -0.2) is 14.8 Å². The first-order valence-corrected chi connectivity index (χ1v) is 5.37. The lowest BCUT2D eigenvalue weighted by Crippen LogP contribution is -2.00. The van der Waals surface area contributed by atoms with Crippen LogP contribution in [0, 0.1) is 0 Å². The van der Waals surface area contributed by atoms with Crippen molar-refractivity contribution in [3.05, 3.63) is 29.3 Å². The van der Waals surface area contributed by atoms with E-state index in [1.54, 1.807) is 12.4 Å².